The van der Waals surface area contributed by atoms with Crippen LogP contribution in [-0.4, -0.2) is 47.0 Å². The smallest absolute Gasteiger partial charge is 0.387 e. The molecule has 0 aromatic heterocycles. The largest absolute Gasteiger partial charge is 0.434 e. The summed E-state index contributed by atoms with van der Waals surface area (Å²) in [7, 11) is 0. The van der Waals surface area contributed by atoms with Gasteiger partial charge in [-0.3, -0.25) is 4.90 Å². The van der Waals surface area contributed by atoms with Crippen LogP contribution in [0.2, 0.25) is 0 Å². The van der Waals surface area contributed by atoms with Gasteiger partial charge in [0, 0.05) is 25.2 Å². The third-order valence-electron chi connectivity index (χ3n) is 2.92. The van der Waals surface area contributed by atoms with Crippen LogP contribution in [0, 0.1) is 0 Å². The molecule has 100 valence electrons. The number of hydrogen-bond acceptors (Lipinski definition) is 4. The van der Waals surface area contributed by atoms with Crippen LogP contribution in [0.4, 0.5) is 8.78 Å². The van der Waals surface area contributed by atoms with Gasteiger partial charge < -0.3 is 14.9 Å². The number of benzene rings is 1. The quantitative estimate of drug-likeness (QED) is 0.840. The predicted molar refractivity (Wildman–Crippen MR) is 60.4 cm³/mol. The molecule has 6 heteroatoms. The minimum Gasteiger partial charge on any atom is -0.434 e. The van der Waals surface area contributed by atoms with Gasteiger partial charge in [-0.25, -0.2) is 0 Å². The molecular formula is C12H15F2NO3. The Morgan fingerprint density at radius 2 is 1.83 bits per heavy atom. The Hall–Kier alpha value is -1.24. The Kier molecular flexibility index (Phi) is 4.11. The lowest BCUT2D eigenvalue weighted by molar-refractivity contribution is -0.0507. The summed E-state index contributed by atoms with van der Waals surface area (Å²) in [4.78, 5) is 1.79. The number of hydrogen-bond donors (Lipinski definition) is 2. The van der Waals surface area contributed by atoms with E-state index in [0.29, 0.717) is 25.2 Å². The number of aliphatic hydroxyl groups excluding tert-OH is 2. The van der Waals surface area contributed by atoms with Crippen LogP contribution in [0.3, 0.4) is 0 Å². The van der Waals surface area contributed by atoms with Crippen molar-refractivity contribution in [3.8, 4) is 5.75 Å². The highest BCUT2D eigenvalue weighted by molar-refractivity contribution is 5.33. The second-order valence-corrected chi connectivity index (χ2v) is 4.32. The molecule has 2 rings (SSSR count). The Morgan fingerprint density at radius 3 is 2.44 bits per heavy atom. The van der Waals surface area contributed by atoms with Gasteiger partial charge in [-0.15, -0.1) is 0 Å². The fourth-order valence-electron chi connectivity index (χ4n) is 2.06. The van der Waals surface area contributed by atoms with Gasteiger partial charge in [0.2, 0.25) is 0 Å². The summed E-state index contributed by atoms with van der Waals surface area (Å²) >= 11 is 0. The lowest BCUT2D eigenvalue weighted by Gasteiger charge is -2.17. The van der Waals surface area contributed by atoms with Crippen molar-refractivity contribution in [2.75, 3.05) is 13.1 Å². The van der Waals surface area contributed by atoms with E-state index in [4.69, 9.17) is 0 Å². The van der Waals surface area contributed by atoms with Crippen LogP contribution in [0.5, 0.6) is 5.75 Å². The zero-order valence-electron chi connectivity index (χ0n) is 9.67. The maximum Gasteiger partial charge on any atom is 0.387 e. The maximum absolute atomic E-state index is 12.2. The van der Waals surface area contributed by atoms with Crippen molar-refractivity contribution < 1.29 is 23.7 Å². The van der Waals surface area contributed by atoms with E-state index in [1.54, 1.807) is 23.1 Å². The van der Waals surface area contributed by atoms with E-state index in [1.165, 1.54) is 6.07 Å². The topological polar surface area (TPSA) is 52.9 Å². The minimum absolute atomic E-state index is 0.128. The van der Waals surface area contributed by atoms with Gasteiger partial charge in [-0.05, 0) is 6.07 Å². The van der Waals surface area contributed by atoms with E-state index < -0.39 is 18.8 Å². The molecule has 2 atom stereocenters. The van der Waals surface area contributed by atoms with Crippen molar-refractivity contribution >= 4 is 0 Å². The Bertz CT molecular complexity index is 393. The van der Waals surface area contributed by atoms with Crippen molar-refractivity contribution in [3.05, 3.63) is 29.8 Å². The Labute approximate surface area is 103 Å². The summed E-state index contributed by atoms with van der Waals surface area (Å²) in [6, 6.07) is 6.52. The first-order valence-electron chi connectivity index (χ1n) is 5.67. The fraction of sp³-hybridized carbons (Fsp3) is 0.500. The van der Waals surface area contributed by atoms with E-state index >= 15 is 0 Å². The van der Waals surface area contributed by atoms with Crippen molar-refractivity contribution in [1.82, 2.24) is 4.90 Å². The molecule has 4 nitrogen and oxygen atoms in total. The van der Waals surface area contributed by atoms with E-state index in [2.05, 4.69) is 4.74 Å². The lowest BCUT2D eigenvalue weighted by atomic mass is 10.2. The number of alkyl halides is 2. The van der Waals surface area contributed by atoms with E-state index in [1.807, 2.05) is 0 Å². The standard InChI is InChI=1S/C12H15F2NO3/c13-12(14)18-11-4-2-1-3-8(11)5-15-6-9(16)10(17)7-15/h1-4,9-10,12,16-17H,5-7H2/t9-,10+. The Morgan fingerprint density at radius 1 is 1.22 bits per heavy atom. The van der Waals surface area contributed by atoms with Gasteiger partial charge in [0.25, 0.3) is 0 Å². The van der Waals surface area contributed by atoms with Crippen molar-refractivity contribution in [1.29, 1.82) is 0 Å². The van der Waals surface area contributed by atoms with E-state index in [9.17, 15) is 19.0 Å². The maximum atomic E-state index is 12.2. The molecule has 0 aliphatic carbocycles. The number of likely N-dealkylation sites (tertiary alicyclic amines) is 1. The third-order valence-corrected chi connectivity index (χ3v) is 2.92. The minimum atomic E-state index is -2.86. The lowest BCUT2D eigenvalue weighted by Crippen LogP contribution is -2.22. The summed E-state index contributed by atoms with van der Waals surface area (Å²) in [5, 5.41) is 18.8. The average molecular weight is 259 g/mol. The number of nitrogens with zero attached hydrogens (tertiary/aromatic N) is 1. The average Bonchev–Trinajstić information content (AvgIpc) is 2.60. The summed E-state index contributed by atoms with van der Waals surface area (Å²) < 4.78 is 28.9. The molecule has 0 spiro atoms. The van der Waals surface area contributed by atoms with Gasteiger partial charge in [-0.1, -0.05) is 18.2 Å². The van der Waals surface area contributed by atoms with Crippen LogP contribution in [0.15, 0.2) is 24.3 Å². The van der Waals surface area contributed by atoms with E-state index in [-0.39, 0.29) is 5.75 Å². The summed E-state index contributed by atoms with van der Waals surface area (Å²) in [5.74, 6) is 0.128. The van der Waals surface area contributed by atoms with Crippen LogP contribution in [0.25, 0.3) is 0 Å². The monoisotopic (exact) mass is 259 g/mol. The molecule has 1 aromatic carbocycles. The highest BCUT2D eigenvalue weighted by atomic mass is 19.3. The molecule has 1 aliphatic heterocycles. The molecule has 0 radical (unpaired) electrons. The molecule has 0 unspecified atom stereocenters. The number of β-amino-alcohol motifs (C(OH)–C–C–N with tert-alkyl or cyclic N) is 2. The molecule has 0 amide bonds. The molecule has 1 saturated heterocycles. The van der Waals surface area contributed by atoms with Gasteiger partial charge in [0.05, 0.1) is 12.2 Å². The molecule has 1 aliphatic rings. The first-order valence-corrected chi connectivity index (χ1v) is 5.67. The van der Waals surface area contributed by atoms with Crippen LogP contribution >= 0.6 is 0 Å². The molecule has 1 aromatic rings. The molecule has 18 heavy (non-hydrogen) atoms. The molecule has 2 N–H and O–H groups in total. The molecule has 1 heterocycles. The third kappa shape index (κ3) is 3.16. The number of ether oxygens (including phenoxy) is 1. The summed E-state index contributed by atoms with van der Waals surface area (Å²) in [6.45, 7) is -1.85. The van der Waals surface area contributed by atoms with Crippen molar-refractivity contribution in [2.24, 2.45) is 0 Å². The van der Waals surface area contributed by atoms with Crippen LogP contribution in [-0.2, 0) is 6.54 Å². The number of rotatable bonds is 4. The number of halogens is 2. The molecule has 1 fully saturated rings. The van der Waals surface area contributed by atoms with Gasteiger partial charge in [-0.2, -0.15) is 8.78 Å². The second-order valence-electron chi connectivity index (χ2n) is 4.32. The number of aliphatic hydroxyl groups is 2. The molecular weight excluding hydrogens is 244 g/mol. The summed E-state index contributed by atoms with van der Waals surface area (Å²) in [5.41, 5.74) is 0.610. The van der Waals surface area contributed by atoms with Gasteiger partial charge >= 0.3 is 6.61 Å². The van der Waals surface area contributed by atoms with Crippen LogP contribution in [0.1, 0.15) is 5.56 Å². The van der Waals surface area contributed by atoms with E-state index in [0.717, 1.165) is 0 Å². The molecule has 0 saturated carbocycles. The zero-order chi connectivity index (χ0) is 13.1. The first-order chi connectivity index (χ1) is 8.56. The SMILES string of the molecule is O[C@@H]1CN(Cc2ccccc2OC(F)F)C[C@@H]1O. The second kappa shape index (κ2) is 5.60. The van der Waals surface area contributed by atoms with Gasteiger partial charge in [0.1, 0.15) is 5.75 Å². The number of para-hydroxylation sites is 1. The highest BCUT2D eigenvalue weighted by Gasteiger charge is 2.29. The molecule has 0 bridgehead atoms. The summed E-state index contributed by atoms with van der Waals surface area (Å²) in [6.07, 6.45) is -1.57. The predicted octanol–water partition coefficient (Wildman–Crippen LogP) is 0.825. The van der Waals surface area contributed by atoms with Crippen molar-refractivity contribution in [2.45, 2.75) is 25.4 Å². The van der Waals surface area contributed by atoms with Crippen LogP contribution < -0.4 is 4.74 Å². The zero-order valence-corrected chi connectivity index (χ0v) is 9.67. The van der Waals surface area contributed by atoms with Crippen molar-refractivity contribution in [3.63, 3.8) is 0 Å². The first kappa shape index (κ1) is 13.2. The fourth-order valence-corrected chi connectivity index (χ4v) is 2.06. The van der Waals surface area contributed by atoms with Gasteiger partial charge in [0.15, 0.2) is 0 Å². The highest BCUT2D eigenvalue weighted by Crippen LogP contribution is 2.23. The normalized spacial score (nSPS) is 24.7. The Balaban J connectivity index is 2.05.